The second kappa shape index (κ2) is 3.04. The molecule has 0 aromatic rings. The van der Waals surface area contributed by atoms with E-state index in [1.807, 2.05) is 0 Å². The second-order valence-electron chi connectivity index (χ2n) is 6.04. The zero-order chi connectivity index (χ0) is 11.7. The van der Waals surface area contributed by atoms with E-state index in [2.05, 4.69) is 0 Å². The molecule has 4 unspecified atom stereocenters. The fourth-order valence-corrected chi connectivity index (χ4v) is 4.33. The van der Waals surface area contributed by atoms with E-state index in [1.54, 1.807) is 0 Å². The van der Waals surface area contributed by atoms with Crippen LogP contribution < -0.4 is 0 Å². The lowest BCUT2D eigenvalue weighted by Crippen LogP contribution is -2.47. The van der Waals surface area contributed by atoms with Gasteiger partial charge in [-0.05, 0) is 31.6 Å². The normalized spacial score (nSPS) is 52.5. The first-order valence-corrected chi connectivity index (χ1v) is 6.79. The Hall–Kier alpha value is -0.610. The van der Waals surface area contributed by atoms with Crippen LogP contribution in [0.2, 0.25) is 0 Å². The van der Waals surface area contributed by atoms with E-state index in [9.17, 15) is 9.90 Å². The molecular weight excluding hydrogens is 220 g/mol. The number of aliphatic carboxylic acids is 1. The van der Waals surface area contributed by atoms with Gasteiger partial charge in [0.1, 0.15) is 17.6 Å². The molecule has 4 rings (SSSR count). The summed E-state index contributed by atoms with van der Waals surface area (Å²) in [5.41, 5.74) is -0.645. The molecule has 2 saturated carbocycles. The Kier molecular flexibility index (Phi) is 1.84. The summed E-state index contributed by atoms with van der Waals surface area (Å²) < 4.78 is 11.2. The molecule has 4 nitrogen and oxygen atoms in total. The average Bonchev–Trinajstić information content (AvgIpc) is 3.20. The van der Waals surface area contributed by atoms with Crippen molar-refractivity contribution in [1.82, 2.24) is 0 Å². The van der Waals surface area contributed by atoms with Crippen LogP contribution in [0.25, 0.3) is 0 Å². The number of carboxylic acid groups (broad SMARTS) is 1. The van der Waals surface area contributed by atoms with E-state index >= 15 is 0 Å². The summed E-state index contributed by atoms with van der Waals surface area (Å²) in [6.07, 6.45) is 7.33. The van der Waals surface area contributed by atoms with Crippen molar-refractivity contribution in [3.63, 3.8) is 0 Å². The lowest BCUT2D eigenvalue weighted by Gasteiger charge is -2.39. The fraction of sp³-hybridized carbons (Fsp3) is 0.923. The topological polar surface area (TPSA) is 62.4 Å². The quantitative estimate of drug-likeness (QED) is 0.747. The van der Waals surface area contributed by atoms with Crippen molar-refractivity contribution in [2.75, 3.05) is 0 Å². The molecule has 0 bridgehead atoms. The third kappa shape index (κ3) is 1.13. The molecule has 94 valence electrons. The number of hydrogen-bond donors (Lipinski definition) is 1. The van der Waals surface area contributed by atoms with Gasteiger partial charge in [0.25, 0.3) is 0 Å². The molecule has 2 aliphatic carbocycles. The van der Waals surface area contributed by atoms with E-state index in [-0.39, 0.29) is 12.2 Å². The summed E-state index contributed by atoms with van der Waals surface area (Å²) in [5.74, 6) is -0.808. The van der Waals surface area contributed by atoms with Crippen LogP contribution in [-0.4, -0.2) is 29.1 Å². The maximum atomic E-state index is 11.8. The van der Waals surface area contributed by atoms with Crippen LogP contribution in [0, 0.1) is 11.3 Å². The fourth-order valence-electron chi connectivity index (χ4n) is 4.33. The summed E-state index contributed by atoms with van der Waals surface area (Å²) in [5, 5.41) is 9.74. The third-order valence-corrected chi connectivity index (χ3v) is 5.35. The first kappa shape index (κ1) is 10.3. The molecule has 17 heavy (non-hydrogen) atoms. The van der Waals surface area contributed by atoms with Gasteiger partial charge >= 0.3 is 5.97 Å². The minimum absolute atomic E-state index is 0.158. The Balaban J connectivity index is 1.67. The molecule has 4 fully saturated rings. The Morgan fingerprint density at radius 1 is 1.12 bits per heavy atom. The predicted octanol–water partition coefficient (Wildman–Crippen LogP) is 1.93. The van der Waals surface area contributed by atoms with Gasteiger partial charge in [-0.1, -0.05) is 19.3 Å². The van der Waals surface area contributed by atoms with Crippen molar-refractivity contribution < 1.29 is 19.4 Å². The number of ether oxygens (including phenoxy) is 2. The Morgan fingerprint density at radius 2 is 1.88 bits per heavy atom. The van der Waals surface area contributed by atoms with Crippen molar-refractivity contribution in [2.45, 2.75) is 62.9 Å². The lowest BCUT2D eigenvalue weighted by molar-refractivity contribution is -0.156. The molecule has 2 aliphatic heterocycles. The third-order valence-electron chi connectivity index (χ3n) is 5.35. The van der Waals surface area contributed by atoms with Gasteiger partial charge in [0.05, 0.1) is 0 Å². The smallest absolute Gasteiger partial charge is 0.312 e. The molecule has 0 radical (unpaired) electrons. The van der Waals surface area contributed by atoms with Crippen LogP contribution in [0.3, 0.4) is 0 Å². The Morgan fingerprint density at radius 3 is 2.59 bits per heavy atom. The summed E-state index contributed by atoms with van der Waals surface area (Å²) in [6.45, 7) is 0. The average molecular weight is 238 g/mol. The van der Waals surface area contributed by atoms with Gasteiger partial charge in [-0.25, -0.2) is 0 Å². The Bertz CT molecular complexity index is 376. The van der Waals surface area contributed by atoms with Crippen molar-refractivity contribution in [3.8, 4) is 0 Å². The van der Waals surface area contributed by atoms with E-state index < -0.39 is 17.2 Å². The van der Waals surface area contributed by atoms with Crippen LogP contribution in [0.5, 0.6) is 0 Å². The number of carboxylic acids is 1. The molecule has 0 aromatic heterocycles. The number of epoxide rings is 2. The second-order valence-corrected chi connectivity index (χ2v) is 6.04. The van der Waals surface area contributed by atoms with Crippen LogP contribution >= 0.6 is 0 Å². The maximum Gasteiger partial charge on any atom is 0.312 e. The van der Waals surface area contributed by atoms with Gasteiger partial charge < -0.3 is 14.6 Å². The van der Waals surface area contributed by atoms with Gasteiger partial charge in [-0.3, -0.25) is 4.79 Å². The van der Waals surface area contributed by atoms with E-state index in [0.717, 1.165) is 25.7 Å². The standard InChI is InChI=1S/C13H18O4/c14-11(15)12(8-4-2-1-3-5-8)7-6-9-13(16-9)10(12)17-13/h8-10H,1-7H2,(H,14,15). The molecule has 2 saturated heterocycles. The van der Waals surface area contributed by atoms with E-state index in [1.165, 1.54) is 19.3 Å². The zero-order valence-electron chi connectivity index (χ0n) is 9.85. The SMILES string of the molecule is O=C(O)C1(C2CCCCC2)CCC2OC23OC31. The first-order chi connectivity index (χ1) is 8.20. The van der Waals surface area contributed by atoms with Gasteiger partial charge in [0.2, 0.25) is 5.79 Å². The molecular formula is C13H18O4. The minimum atomic E-state index is -0.653. The largest absolute Gasteiger partial charge is 0.481 e. The minimum Gasteiger partial charge on any atom is -0.481 e. The molecule has 0 amide bonds. The lowest BCUT2D eigenvalue weighted by atomic mass is 9.61. The van der Waals surface area contributed by atoms with Crippen molar-refractivity contribution in [3.05, 3.63) is 0 Å². The molecule has 1 spiro atoms. The van der Waals surface area contributed by atoms with Gasteiger partial charge in [-0.2, -0.15) is 0 Å². The number of carbonyl (C=O) groups is 1. The molecule has 0 aromatic carbocycles. The van der Waals surface area contributed by atoms with Gasteiger partial charge in [0, 0.05) is 0 Å². The summed E-state index contributed by atoms with van der Waals surface area (Å²) >= 11 is 0. The molecule has 4 heteroatoms. The van der Waals surface area contributed by atoms with Crippen LogP contribution in [0.1, 0.15) is 44.9 Å². The van der Waals surface area contributed by atoms with Crippen molar-refractivity contribution in [2.24, 2.45) is 11.3 Å². The van der Waals surface area contributed by atoms with Crippen molar-refractivity contribution in [1.29, 1.82) is 0 Å². The highest BCUT2D eigenvalue weighted by molar-refractivity contribution is 5.77. The molecule has 4 atom stereocenters. The van der Waals surface area contributed by atoms with Crippen LogP contribution in [-0.2, 0) is 14.3 Å². The predicted molar refractivity (Wildman–Crippen MR) is 58.4 cm³/mol. The monoisotopic (exact) mass is 238 g/mol. The number of rotatable bonds is 2. The van der Waals surface area contributed by atoms with Gasteiger partial charge in [0.15, 0.2) is 0 Å². The molecule has 4 aliphatic rings. The highest BCUT2D eigenvalue weighted by Crippen LogP contribution is 2.70. The van der Waals surface area contributed by atoms with Crippen molar-refractivity contribution >= 4 is 5.97 Å². The summed E-state index contributed by atoms with van der Waals surface area (Å²) in [6, 6.07) is 0. The van der Waals surface area contributed by atoms with Gasteiger partial charge in [-0.15, -0.1) is 0 Å². The summed E-state index contributed by atoms with van der Waals surface area (Å²) in [4.78, 5) is 11.8. The van der Waals surface area contributed by atoms with Crippen LogP contribution in [0.4, 0.5) is 0 Å². The first-order valence-electron chi connectivity index (χ1n) is 6.79. The zero-order valence-corrected chi connectivity index (χ0v) is 9.85. The Labute approximate surface area is 100 Å². The van der Waals surface area contributed by atoms with E-state index in [4.69, 9.17) is 9.47 Å². The van der Waals surface area contributed by atoms with E-state index in [0.29, 0.717) is 5.92 Å². The van der Waals surface area contributed by atoms with Crippen LogP contribution in [0.15, 0.2) is 0 Å². The molecule has 2 heterocycles. The maximum absolute atomic E-state index is 11.8. The highest BCUT2D eigenvalue weighted by Gasteiger charge is 2.86. The molecule has 1 N–H and O–H groups in total. The highest BCUT2D eigenvalue weighted by atomic mass is 16.9. The summed E-state index contributed by atoms with van der Waals surface area (Å²) in [7, 11) is 0. The number of hydrogen-bond acceptors (Lipinski definition) is 3.